The van der Waals surface area contributed by atoms with Crippen LogP contribution in [-0.2, 0) is 9.59 Å². The third kappa shape index (κ3) is 4.33. The molecular weight excluding hydrogens is 308 g/mol. The van der Waals surface area contributed by atoms with E-state index < -0.39 is 17.8 Å². The number of nitrogens with two attached hydrogens (primary N) is 1. The molecule has 0 aliphatic carbocycles. The fourth-order valence-electron chi connectivity index (χ4n) is 2.19. The van der Waals surface area contributed by atoms with Crippen LogP contribution in [0.25, 0.3) is 6.08 Å². The molecule has 1 aliphatic rings. The van der Waals surface area contributed by atoms with Crippen molar-refractivity contribution in [3.63, 3.8) is 0 Å². The van der Waals surface area contributed by atoms with Gasteiger partial charge in [0.25, 0.3) is 0 Å². The number of hydrogen-bond acceptors (Lipinski definition) is 3. The SMILES string of the molecule is Cl.NC(=O)c1ccc(C=CC(=O)N2CCC(C(=O)O)C2)cc1. The van der Waals surface area contributed by atoms with E-state index in [-0.39, 0.29) is 24.9 Å². The Morgan fingerprint density at radius 1 is 1.23 bits per heavy atom. The first kappa shape index (κ1) is 17.7. The van der Waals surface area contributed by atoms with Gasteiger partial charge in [-0.15, -0.1) is 12.4 Å². The summed E-state index contributed by atoms with van der Waals surface area (Å²) in [6.07, 6.45) is 3.52. The van der Waals surface area contributed by atoms with Crippen LogP contribution in [0, 0.1) is 5.92 Å². The van der Waals surface area contributed by atoms with Gasteiger partial charge in [-0.25, -0.2) is 0 Å². The normalized spacial score (nSPS) is 17.3. The summed E-state index contributed by atoms with van der Waals surface area (Å²) in [7, 11) is 0. The first-order chi connectivity index (χ1) is 9.97. The molecule has 1 saturated heterocycles. The molecule has 0 aromatic heterocycles. The molecule has 1 fully saturated rings. The molecule has 3 N–H and O–H groups in total. The van der Waals surface area contributed by atoms with Gasteiger partial charge in [0.15, 0.2) is 0 Å². The van der Waals surface area contributed by atoms with Crippen molar-refractivity contribution in [3.05, 3.63) is 41.5 Å². The number of benzene rings is 1. The number of carboxylic acid groups (broad SMARTS) is 1. The molecule has 1 aromatic rings. The summed E-state index contributed by atoms with van der Waals surface area (Å²) in [5.74, 6) is -2.05. The lowest BCUT2D eigenvalue weighted by atomic mass is 10.1. The van der Waals surface area contributed by atoms with Gasteiger partial charge < -0.3 is 15.7 Å². The minimum atomic E-state index is -0.865. The van der Waals surface area contributed by atoms with E-state index in [1.54, 1.807) is 30.3 Å². The molecule has 1 aliphatic heterocycles. The van der Waals surface area contributed by atoms with Crippen molar-refractivity contribution in [1.29, 1.82) is 0 Å². The van der Waals surface area contributed by atoms with Crippen molar-refractivity contribution in [1.82, 2.24) is 4.90 Å². The Balaban J connectivity index is 0.00000242. The first-order valence-corrected chi connectivity index (χ1v) is 6.57. The number of rotatable bonds is 4. The van der Waals surface area contributed by atoms with E-state index in [0.29, 0.717) is 18.5 Å². The average molecular weight is 325 g/mol. The van der Waals surface area contributed by atoms with Gasteiger partial charge >= 0.3 is 5.97 Å². The fourth-order valence-corrected chi connectivity index (χ4v) is 2.19. The summed E-state index contributed by atoms with van der Waals surface area (Å²) >= 11 is 0. The molecule has 118 valence electrons. The van der Waals surface area contributed by atoms with E-state index in [2.05, 4.69) is 0 Å². The van der Waals surface area contributed by atoms with Gasteiger partial charge in [0, 0.05) is 24.7 Å². The number of carbonyl (C=O) groups excluding carboxylic acids is 2. The second kappa shape index (κ2) is 7.61. The van der Waals surface area contributed by atoms with Crippen LogP contribution in [0.1, 0.15) is 22.3 Å². The molecule has 1 heterocycles. The number of nitrogens with zero attached hydrogens (tertiary/aromatic N) is 1. The highest BCUT2D eigenvalue weighted by Gasteiger charge is 2.29. The Hall–Kier alpha value is -2.34. The standard InChI is InChI=1S/C15H16N2O4.ClH/c16-14(19)11-4-1-10(2-5-11)3-6-13(18)17-8-7-12(9-17)15(20)21;/h1-6,12H,7-9H2,(H2,16,19)(H,20,21);1H. The smallest absolute Gasteiger partial charge is 0.308 e. The molecule has 0 radical (unpaired) electrons. The summed E-state index contributed by atoms with van der Waals surface area (Å²) in [5, 5.41) is 8.90. The summed E-state index contributed by atoms with van der Waals surface area (Å²) in [4.78, 5) is 35.2. The number of primary amides is 1. The second-order valence-electron chi connectivity index (χ2n) is 4.93. The second-order valence-corrected chi connectivity index (χ2v) is 4.93. The minimum Gasteiger partial charge on any atom is -0.481 e. The zero-order chi connectivity index (χ0) is 15.4. The van der Waals surface area contributed by atoms with Gasteiger partial charge in [0.05, 0.1) is 5.92 Å². The Kier molecular flexibility index (Phi) is 6.12. The molecule has 0 saturated carbocycles. The van der Waals surface area contributed by atoms with Gasteiger partial charge in [-0.2, -0.15) is 0 Å². The molecule has 0 bridgehead atoms. The molecule has 2 amide bonds. The topological polar surface area (TPSA) is 101 Å². The van der Waals surface area contributed by atoms with Gasteiger partial charge in [0.2, 0.25) is 11.8 Å². The summed E-state index contributed by atoms with van der Waals surface area (Å²) in [6, 6.07) is 6.55. The van der Waals surface area contributed by atoms with E-state index >= 15 is 0 Å². The number of carboxylic acids is 1. The Labute approximate surface area is 134 Å². The number of halogens is 1. The Bertz CT molecular complexity index is 598. The lowest BCUT2D eigenvalue weighted by molar-refractivity contribution is -0.141. The molecule has 22 heavy (non-hydrogen) atoms. The van der Waals surface area contributed by atoms with E-state index in [9.17, 15) is 14.4 Å². The maximum atomic E-state index is 11.9. The predicted molar refractivity (Wildman–Crippen MR) is 83.6 cm³/mol. The number of aliphatic carboxylic acids is 1. The Morgan fingerprint density at radius 2 is 1.86 bits per heavy atom. The molecule has 7 heteroatoms. The largest absolute Gasteiger partial charge is 0.481 e. The summed E-state index contributed by atoms with van der Waals surface area (Å²) in [6.45, 7) is 0.708. The maximum absolute atomic E-state index is 11.9. The maximum Gasteiger partial charge on any atom is 0.308 e. The van der Waals surface area contributed by atoms with Crippen LogP contribution in [0.4, 0.5) is 0 Å². The summed E-state index contributed by atoms with van der Waals surface area (Å²) in [5.41, 5.74) is 6.31. The van der Waals surface area contributed by atoms with Gasteiger partial charge in [0.1, 0.15) is 0 Å². The highest BCUT2D eigenvalue weighted by atomic mass is 35.5. The van der Waals surface area contributed by atoms with Crippen LogP contribution in [0.5, 0.6) is 0 Å². The molecule has 6 nitrogen and oxygen atoms in total. The zero-order valence-electron chi connectivity index (χ0n) is 11.8. The monoisotopic (exact) mass is 324 g/mol. The van der Waals surface area contributed by atoms with Gasteiger partial charge in [-0.3, -0.25) is 14.4 Å². The first-order valence-electron chi connectivity index (χ1n) is 6.57. The molecular formula is C15H17ClN2O4. The van der Waals surface area contributed by atoms with Crippen molar-refractivity contribution >= 4 is 36.3 Å². The van der Waals surface area contributed by atoms with Gasteiger partial charge in [-0.05, 0) is 30.2 Å². The molecule has 2 rings (SSSR count). The number of hydrogen-bond donors (Lipinski definition) is 2. The van der Waals surface area contributed by atoms with Crippen LogP contribution in [0.2, 0.25) is 0 Å². The lowest BCUT2D eigenvalue weighted by Crippen LogP contribution is -2.28. The van der Waals surface area contributed by atoms with Crippen molar-refractivity contribution in [2.45, 2.75) is 6.42 Å². The van der Waals surface area contributed by atoms with Crippen LogP contribution in [-0.4, -0.2) is 40.9 Å². The van der Waals surface area contributed by atoms with E-state index in [4.69, 9.17) is 10.8 Å². The average Bonchev–Trinajstić information content (AvgIpc) is 2.95. The third-order valence-electron chi connectivity index (χ3n) is 3.46. The number of carbonyl (C=O) groups is 3. The van der Waals surface area contributed by atoms with Crippen molar-refractivity contribution in [2.24, 2.45) is 11.7 Å². The molecule has 1 atom stereocenters. The highest BCUT2D eigenvalue weighted by molar-refractivity contribution is 5.94. The zero-order valence-corrected chi connectivity index (χ0v) is 12.6. The van der Waals surface area contributed by atoms with Crippen LogP contribution < -0.4 is 5.73 Å². The molecule has 1 unspecified atom stereocenters. The fraction of sp³-hybridized carbons (Fsp3) is 0.267. The van der Waals surface area contributed by atoms with Crippen LogP contribution in [0.15, 0.2) is 30.3 Å². The van der Waals surface area contributed by atoms with Crippen LogP contribution in [0.3, 0.4) is 0 Å². The predicted octanol–water partition coefficient (Wildman–Crippen LogP) is 1.15. The highest BCUT2D eigenvalue weighted by Crippen LogP contribution is 2.17. The van der Waals surface area contributed by atoms with E-state index in [1.165, 1.54) is 11.0 Å². The number of amides is 2. The van der Waals surface area contributed by atoms with E-state index in [0.717, 1.165) is 5.56 Å². The van der Waals surface area contributed by atoms with Crippen molar-refractivity contribution < 1.29 is 19.5 Å². The van der Waals surface area contributed by atoms with Crippen molar-refractivity contribution in [3.8, 4) is 0 Å². The quantitative estimate of drug-likeness (QED) is 0.811. The molecule has 1 aromatic carbocycles. The third-order valence-corrected chi connectivity index (χ3v) is 3.46. The van der Waals surface area contributed by atoms with E-state index in [1.807, 2.05) is 0 Å². The van der Waals surface area contributed by atoms with Crippen molar-refractivity contribution in [2.75, 3.05) is 13.1 Å². The molecule has 0 spiro atoms. The summed E-state index contributed by atoms with van der Waals surface area (Å²) < 4.78 is 0. The number of likely N-dealkylation sites (tertiary alicyclic amines) is 1. The Morgan fingerprint density at radius 3 is 2.36 bits per heavy atom. The lowest BCUT2D eigenvalue weighted by Gasteiger charge is -2.12. The minimum absolute atomic E-state index is 0. The van der Waals surface area contributed by atoms with Crippen LogP contribution >= 0.6 is 12.4 Å². The van der Waals surface area contributed by atoms with Gasteiger partial charge in [-0.1, -0.05) is 12.1 Å².